The summed E-state index contributed by atoms with van der Waals surface area (Å²) in [5, 5.41) is 11.9. The second-order valence-corrected chi connectivity index (χ2v) is 7.13. The van der Waals surface area contributed by atoms with Gasteiger partial charge in [-0.25, -0.2) is 4.79 Å². The number of hydrogen-bond donors (Lipinski definition) is 2. The number of aliphatic carboxylic acids is 1. The number of nitrogens with zero attached hydrogens (tertiary/aromatic N) is 2. The van der Waals surface area contributed by atoms with Crippen molar-refractivity contribution in [1.29, 1.82) is 0 Å². The monoisotopic (exact) mass is 397 g/mol. The summed E-state index contributed by atoms with van der Waals surface area (Å²) in [4.78, 5) is 26.7. The number of likely N-dealkylation sites (N-methyl/N-ethyl adjacent to an activating group) is 1. The Kier molecular flexibility index (Phi) is 6.62. The second kappa shape index (κ2) is 8.48. The summed E-state index contributed by atoms with van der Waals surface area (Å²) in [6, 6.07) is 8.16. The Morgan fingerprint density at radius 1 is 1.29 bits per heavy atom. The average molecular weight is 398 g/mol. The van der Waals surface area contributed by atoms with Crippen LogP contribution in [0.5, 0.6) is 0 Å². The van der Waals surface area contributed by atoms with Crippen LogP contribution >= 0.6 is 15.9 Å². The molecule has 1 aromatic carbocycles. The SMILES string of the molecule is CCN(CC(=O)O)C1CC(NC(=O)N(C)Cc2ccc(Br)cc2)C1. The van der Waals surface area contributed by atoms with Gasteiger partial charge >= 0.3 is 12.0 Å². The zero-order valence-corrected chi connectivity index (χ0v) is 15.6. The van der Waals surface area contributed by atoms with E-state index in [0.29, 0.717) is 13.1 Å². The summed E-state index contributed by atoms with van der Waals surface area (Å²) in [7, 11) is 1.77. The molecule has 7 heteroatoms. The van der Waals surface area contributed by atoms with Crippen LogP contribution in [-0.4, -0.2) is 59.1 Å². The zero-order chi connectivity index (χ0) is 17.7. The normalized spacial score (nSPS) is 19.7. The van der Waals surface area contributed by atoms with Gasteiger partial charge in [-0.3, -0.25) is 9.69 Å². The number of carboxylic acids is 1. The molecule has 0 aromatic heterocycles. The van der Waals surface area contributed by atoms with Gasteiger partial charge in [0.15, 0.2) is 0 Å². The maximum absolute atomic E-state index is 12.2. The van der Waals surface area contributed by atoms with Crippen molar-refractivity contribution < 1.29 is 14.7 Å². The number of nitrogens with one attached hydrogen (secondary N) is 1. The number of rotatable bonds is 7. The van der Waals surface area contributed by atoms with Crippen LogP contribution in [0, 0.1) is 0 Å². The molecule has 2 rings (SSSR count). The maximum atomic E-state index is 12.2. The molecule has 0 heterocycles. The number of carboxylic acid groups (broad SMARTS) is 1. The first-order valence-electron chi connectivity index (χ1n) is 8.11. The topological polar surface area (TPSA) is 72.9 Å². The Balaban J connectivity index is 1.75. The highest BCUT2D eigenvalue weighted by molar-refractivity contribution is 9.10. The quantitative estimate of drug-likeness (QED) is 0.741. The Morgan fingerprint density at radius 3 is 2.46 bits per heavy atom. The summed E-state index contributed by atoms with van der Waals surface area (Å²) in [5.41, 5.74) is 1.07. The van der Waals surface area contributed by atoms with Gasteiger partial charge in [-0.15, -0.1) is 0 Å². The molecule has 0 radical (unpaired) electrons. The van der Waals surface area contributed by atoms with Crippen LogP contribution in [0.15, 0.2) is 28.7 Å². The summed E-state index contributed by atoms with van der Waals surface area (Å²) < 4.78 is 1.01. The molecule has 1 aromatic rings. The molecule has 1 fully saturated rings. The molecule has 0 spiro atoms. The average Bonchev–Trinajstić information content (AvgIpc) is 2.50. The Labute approximate surface area is 150 Å². The van der Waals surface area contributed by atoms with Crippen LogP contribution in [0.4, 0.5) is 4.79 Å². The van der Waals surface area contributed by atoms with E-state index in [1.165, 1.54) is 0 Å². The Hall–Kier alpha value is -1.60. The molecule has 0 atom stereocenters. The van der Waals surface area contributed by atoms with Crippen LogP contribution < -0.4 is 5.32 Å². The summed E-state index contributed by atoms with van der Waals surface area (Å²) in [6.07, 6.45) is 1.61. The highest BCUT2D eigenvalue weighted by Gasteiger charge is 2.35. The van der Waals surface area contributed by atoms with Gasteiger partial charge in [-0.1, -0.05) is 35.0 Å². The van der Waals surface area contributed by atoms with Gasteiger partial charge in [0.05, 0.1) is 6.54 Å². The van der Waals surface area contributed by atoms with E-state index in [0.717, 1.165) is 22.9 Å². The van der Waals surface area contributed by atoms with E-state index in [2.05, 4.69) is 21.2 Å². The van der Waals surface area contributed by atoms with Crippen LogP contribution in [0.2, 0.25) is 0 Å². The number of amides is 2. The molecule has 1 aliphatic carbocycles. The van der Waals surface area contributed by atoms with E-state index >= 15 is 0 Å². The molecule has 2 amide bonds. The standard InChI is InChI=1S/C17H24BrN3O3/c1-3-21(11-16(22)23)15-8-14(9-15)19-17(24)20(2)10-12-4-6-13(18)7-5-12/h4-7,14-15H,3,8-11H2,1-2H3,(H,19,24)(H,22,23). The molecular formula is C17H24BrN3O3. The van der Waals surface area contributed by atoms with E-state index in [4.69, 9.17) is 5.11 Å². The minimum absolute atomic E-state index is 0.0608. The Bertz CT molecular complexity index is 573. The molecule has 0 bridgehead atoms. The van der Waals surface area contributed by atoms with E-state index in [1.807, 2.05) is 36.1 Å². The fourth-order valence-electron chi connectivity index (χ4n) is 2.90. The zero-order valence-electron chi connectivity index (χ0n) is 14.0. The molecule has 6 nitrogen and oxygen atoms in total. The van der Waals surface area contributed by atoms with Crippen molar-refractivity contribution in [3.8, 4) is 0 Å². The Morgan fingerprint density at radius 2 is 1.92 bits per heavy atom. The molecule has 132 valence electrons. The maximum Gasteiger partial charge on any atom is 0.317 e. The van der Waals surface area contributed by atoms with Crippen molar-refractivity contribution in [3.05, 3.63) is 34.3 Å². The molecule has 1 saturated carbocycles. The predicted molar refractivity (Wildman–Crippen MR) is 95.8 cm³/mol. The third-order valence-electron chi connectivity index (χ3n) is 4.38. The van der Waals surface area contributed by atoms with Gasteiger partial charge in [-0.2, -0.15) is 0 Å². The van der Waals surface area contributed by atoms with Crippen molar-refractivity contribution in [3.63, 3.8) is 0 Å². The molecule has 24 heavy (non-hydrogen) atoms. The third kappa shape index (κ3) is 5.21. The fraction of sp³-hybridized carbons (Fsp3) is 0.529. The number of carbonyl (C=O) groups excluding carboxylic acids is 1. The number of benzene rings is 1. The number of carbonyl (C=O) groups is 2. The lowest BCUT2D eigenvalue weighted by atomic mass is 9.85. The largest absolute Gasteiger partial charge is 0.480 e. The van der Waals surface area contributed by atoms with Crippen molar-refractivity contribution in [1.82, 2.24) is 15.1 Å². The predicted octanol–water partition coefficient (Wildman–Crippen LogP) is 2.53. The van der Waals surface area contributed by atoms with E-state index < -0.39 is 5.97 Å². The molecule has 0 saturated heterocycles. The van der Waals surface area contributed by atoms with E-state index in [1.54, 1.807) is 11.9 Å². The van der Waals surface area contributed by atoms with Gasteiger partial charge in [0, 0.05) is 30.1 Å². The van der Waals surface area contributed by atoms with Crippen LogP contribution in [0.1, 0.15) is 25.3 Å². The summed E-state index contributed by atoms with van der Waals surface area (Å²) in [5.74, 6) is -0.807. The molecule has 0 aliphatic heterocycles. The van der Waals surface area contributed by atoms with Gasteiger partial charge in [0.2, 0.25) is 0 Å². The van der Waals surface area contributed by atoms with Crippen molar-refractivity contribution in [2.24, 2.45) is 0 Å². The lowest BCUT2D eigenvalue weighted by Crippen LogP contribution is -2.56. The summed E-state index contributed by atoms with van der Waals surface area (Å²) >= 11 is 3.39. The number of urea groups is 1. The number of halogens is 1. The molecular weight excluding hydrogens is 374 g/mol. The van der Waals surface area contributed by atoms with Crippen molar-refractivity contribution in [2.45, 2.75) is 38.4 Å². The fourth-order valence-corrected chi connectivity index (χ4v) is 3.16. The van der Waals surface area contributed by atoms with Crippen molar-refractivity contribution >= 4 is 27.9 Å². The second-order valence-electron chi connectivity index (χ2n) is 6.21. The van der Waals surface area contributed by atoms with Crippen LogP contribution in [0.25, 0.3) is 0 Å². The first-order valence-corrected chi connectivity index (χ1v) is 8.90. The van der Waals surface area contributed by atoms with Gasteiger partial charge in [-0.05, 0) is 37.1 Å². The minimum Gasteiger partial charge on any atom is -0.480 e. The van der Waals surface area contributed by atoms with Crippen molar-refractivity contribution in [2.75, 3.05) is 20.1 Å². The smallest absolute Gasteiger partial charge is 0.317 e. The molecule has 2 N–H and O–H groups in total. The lowest BCUT2D eigenvalue weighted by molar-refractivity contribution is -0.139. The van der Waals surface area contributed by atoms with E-state index in [-0.39, 0.29) is 24.7 Å². The van der Waals surface area contributed by atoms with Crippen LogP contribution in [-0.2, 0) is 11.3 Å². The highest BCUT2D eigenvalue weighted by Crippen LogP contribution is 2.25. The molecule has 1 aliphatic rings. The highest BCUT2D eigenvalue weighted by atomic mass is 79.9. The first-order chi connectivity index (χ1) is 11.4. The lowest BCUT2D eigenvalue weighted by Gasteiger charge is -2.42. The minimum atomic E-state index is -0.807. The van der Waals surface area contributed by atoms with Crippen LogP contribution in [0.3, 0.4) is 0 Å². The number of hydrogen-bond acceptors (Lipinski definition) is 3. The van der Waals surface area contributed by atoms with Gasteiger partial charge < -0.3 is 15.3 Å². The van der Waals surface area contributed by atoms with Gasteiger partial charge in [0.1, 0.15) is 0 Å². The first kappa shape index (κ1) is 18.7. The summed E-state index contributed by atoms with van der Waals surface area (Å²) in [6.45, 7) is 3.28. The van der Waals surface area contributed by atoms with Gasteiger partial charge in [0.25, 0.3) is 0 Å². The van der Waals surface area contributed by atoms with E-state index in [9.17, 15) is 9.59 Å². The molecule has 0 unspecified atom stereocenters. The third-order valence-corrected chi connectivity index (χ3v) is 4.91.